The van der Waals surface area contributed by atoms with Crippen molar-refractivity contribution in [1.29, 1.82) is 0 Å². The number of hydrogen-bond donors (Lipinski definition) is 3. The van der Waals surface area contributed by atoms with Crippen LogP contribution in [-0.4, -0.2) is 96.7 Å². The summed E-state index contributed by atoms with van der Waals surface area (Å²) in [6.45, 7) is 4.49. The third-order valence-electron chi connectivity index (χ3n) is 17.5. The number of unbranched alkanes of at least 4 members (excludes halogenated alkanes) is 27. The summed E-state index contributed by atoms with van der Waals surface area (Å²) in [4.78, 5) is 73.3. The third-order valence-corrected chi connectivity index (χ3v) is 19.4. The van der Waals surface area contributed by atoms with Crippen molar-refractivity contribution < 1.29 is 80.2 Å². The van der Waals surface area contributed by atoms with Crippen LogP contribution in [0.3, 0.4) is 0 Å². The maximum Gasteiger partial charge on any atom is 0.472 e. The molecule has 0 aliphatic heterocycles. The highest BCUT2D eigenvalue weighted by molar-refractivity contribution is 7.47. The lowest BCUT2D eigenvalue weighted by Gasteiger charge is -2.21. The summed E-state index contributed by atoms with van der Waals surface area (Å²) < 4.78 is 68.8. The minimum absolute atomic E-state index is 0.0586. The molecule has 0 heterocycles. The van der Waals surface area contributed by atoms with E-state index in [-0.39, 0.29) is 25.7 Å². The van der Waals surface area contributed by atoms with E-state index in [0.717, 1.165) is 218 Å². The Morgan fingerprint density at radius 3 is 0.736 bits per heavy atom. The number of aliphatic hydroxyl groups excluding tert-OH is 1. The maximum absolute atomic E-state index is 13.1. The van der Waals surface area contributed by atoms with Gasteiger partial charge in [0, 0.05) is 25.7 Å². The summed E-state index contributed by atoms with van der Waals surface area (Å²) in [5.41, 5.74) is 0. The molecule has 0 fully saturated rings. The fraction of sp³-hybridized carbons (Fsp3) is 0.670. The van der Waals surface area contributed by atoms with Crippen molar-refractivity contribution in [2.24, 2.45) is 0 Å². The molecule has 0 saturated heterocycles. The Balaban J connectivity index is 5.43. The Kier molecular flexibility index (Phi) is 77.7. The number of carbonyl (C=O) groups is 4. The molecule has 0 radical (unpaired) electrons. The third kappa shape index (κ3) is 80.7. The van der Waals surface area contributed by atoms with Crippen molar-refractivity contribution in [2.45, 2.75) is 354 Å². The smallest absolute Gasteiger partial charge is 0.462 e. The predicted octanol–water partition coefficient (Wildman–Crippen LogP) is 25.6. The van der Waals surface area contributed by atoms with Crippen molar-refractivity contribution in [3.63, 3.8) is 0 Å². The van der Waals surface area contributed by atoms with Crippen LogP contribution >= 0.6 is 15.6 Å². The summed E-state index contributed by atoms with van der Waals surface area (Å²) in [5, 5.41) is 10.7. The van der Waals surface area contributed by atoms with Crippen LogP contribution in [-0.2, 0) is 65.4 Å². The van der Waals surface area contributed by atoms with Gasteiger partial charge in [-0.2, -0.15) is 0 Å². The normalized spacial score (nSPS) is 14.6. The van der Waals surface area contributed by atoms with E-state index in [4.69, 9.17) is 37.0 Å². The zero-order chi connectivity index (χ0) is 80.3. The molecule has 5 unspecified atom stereocenters. The van der Waals surface area contributed by atoms with E-state index >= 15 is 0 Å². The molecule has 628 valence electrons. The Morgan fingerprint density at radius 2 is 0.473 bits per heavy atom. The van der Waals surface area contributed by atoms with Crippen LogP contribution in [0.1, 0.15) is 336 Å². The van der Waals surface area contributed by atoms with Crippen LogP contribution in [0.25, 0.3) is 0 Å². The molecule has 0 aromatic rings. The molecule has 0 aliphatic rings. The van der Waals surface area contributed by atoms with E-state index in [1.165, 1.54) is 38.5 Å². The van der Waals surface area contributed by atoms with Crippen LogP contribution in [0.4, 0.5) is 0 Å². The van der Waals surface area contributed by atoms with Crippen LogP contribution in [0.2, 0.25) is 0 Å². The standard InChI is InChI=1S/C91H152O17P2/c1-5-9-13-17-21-25-29-33-37-40-42-45-48-51-55-59-63-67-71-75-88(93)101-81-86(107-90(95)77-73-69-65-61-57-53-47-36-32-28-24-20-16-12-8-4)83-105-109(97,98)103-79-85(92)80-104-110(99,100)106-84-87(108-91(96)78-74-70-66-62-58-54-50-44-39-35-31-27-23-19-15-11-7-3)82-102-89(94)76-72-68-64-60-56-52-49-46-43-41-38-34-30-26-22-18-14-10-6-2/h9-11,13-15,21-23,25-27,33-39,42-43,45-47,50,54,85-87,92H,5-8,12,16-20,24,28-32,40-41,44,48-49,51-53,55-84H2,1-4H3,(H,97,98)(H,99,100)/b13-9-,14-10-,15-11-,25-21-,26-22-,27-23-,37-33-,38-34-,39-35-,45-42-,46-43-,47-36-,54-50-. The first-order chi connectivity index (χ1) is 53.7. The van der Waals surface area contributed by atoms with E-state index in [2.05, 4.69) is 186 Å². The SMILES string of the molecule is CC/C=C\C/C=C\C/C=C\C/C=C\CCCCCCCCC(=O)OCC(COP(=O)(O)OCC(O)COP(=O)(O)OCC(COC(=O)CCCCCCCC/C=C\C/C=C\C/C=C\C/C=C\CC)OC(=O)CCCCCCC/C=C\CCCCCCCC)OC(=O)CCCCCC/C=C\C/C=C\C/C=C\C/C=C\CC. The summed E-state index contributed by atoms with van der Waals surface area (Å²) in [6, 6.07) is 0. The number of hydrogen-bond acceptors (Lipinski definition) is 15. The first-order valence-electron chi connectivity index (χ1n) is 42.7. The fourth-order valence-corrected chi connectivity index (χ4v) is 12.7. The van der Waals surface area contributed by atoms with Gasteiger partial charge in [0.1, 0.15) is 19.3 Å². The molecule has 110 heavy (non-hydrogen) atoms. The number of ether oxygens (including phenoxy) is 4. The number of phosphoric acid groups is 2. The zero-order valence-corrected chi connectivity index (χ0v) is 70.7. The molecule has 3 N–H and O–H groups in total. The van der Waals surface area contributed by atoms with Gasteiger partial charge in [-0.25, -0.2) is 9.13 Å². The van der Waals surface area contributed by atoms with Gasteiger partial charge in [0.2, 0.25) is 0 Å². The minimum Gasteiger partial charge on any atom is -0.462 e. The molecule has 0 saturated carbocycles. The summed E-state index contributed by atoms with van der Waals surface area (Å²) in [5.74, 6) is -2.24. The molecule has 0 aromatic carbocycles. The first kappa shape index (κ1) is 105. The molecular weight excluding hydrogens is 1430 g/mol. The largest absolute Gasteiger partial charge is 0.472 e. The molecule has 0 aromatic heterocycles. The lowest BCUT2D eigenvalue weighted by atomic mass is 10.1. The Hall–Kier alpha value is -5.32. The molecule has 17 nitrogen and oxygen atoms in total. The highest BCUT2D eigenvalue weighted by Gasteiger charge is 2.30. The monoisotopic (exact) mass is 1580 g/mol. The van der Waals surface area contributed by atoms with E-state index in [0.29, 0.717) is 25.7 Å². The summed E-state index contributed by atoms with van der Waals surface area (Å²) in [7, 11) is -9.99. The maximum atomic E-state index is 13.1. The molecule has 0 amide bonds. The van der Waals surface area contributed by atoms with Crippen LogP contribution < -0.4 is 0 Å². The van der Waals surface area contributed by atoms with Crippen molar-refractivity contribution in [1.82, 2.24) is 0 Å². The van der Waals surface area contributed by atoms with Gasteiger partial charge >= 0.3 is 39.5 Å². The molecule has 5 atom stereocenters. The average Bonchev–Trinajstić information content (AvgIpc) is 0.906. The number of aliphatic hydroxyl groups is 1. The van der Waals surface area contributed by atoms with Gasteiger partial charge < -0.3 is 33.8 Å². The molecule has 0 rings (SSSR count). The Morgan fingerprint density at radius 1 is 0.264 bits per heavy atom. The van der Waals surface area contributed by atoms with Gasteiger partial charge in [-0.1, -0.05) is 301 Å². The van der Waals surface area contributed by atoms with E-state index < -0.39 is 97.5 Å². The number of allylic oxidation sites excluding steroid dienone is 26. The lowest BCUT2D eigenvalue weighted by Crippen LogP contribution is -2.30. The number of phosphoric ester groups is 2. The quantitative estimate of drug-likeness (QED) is 0.0169. The molecule has 0 spiro atoms. The van der Waals surface area contributed by atoms with Crippen molar-refractivity contribution in [3.8, 4) is 0 Å². The second kappa shape index (κ2) is 81.7. The highest BCUT2D eigenvalue weighted by atomic mass is 31.2. The Bertz CT molecular complexity index is 2700. The number of esters is 4. The molecular formula is C91H152O17P2. The van der Waals surface area contributed by atoms with Gasteiger partial charge in [0.15, 0.2) is 12.2 Å². The summed E-state index contributed by atoms with van der Waals surface area (Å²) >= 11 is 0. The number of carbonyl (C=O) groups excluding carboxylic acids is 4. The second-order valence-electron chi connectivity index (χ2n) is 28.0. The second-order valence-corrected chi connectivity index (χ2v) is 30.9. The van der Waals surface area contributed by atoms with E-state index in [1.807, 2.05) is 0 Å². The van der Waals surface area contributed by atoms with Gasteiger partial charge in [-0.15, -0.1) is 0 Å². The van der Waals surface area contributed by atoms with Crippen LogP contribution in [0.5, 0.6) is 0 Å². The van der Waals surface area contributed by atoms with Gasteiger partial charge in [0.05, 0.1) is 26.4 Å². The van der Waals surface area contributed by atoms with Crippen LogP contribution in [0.15, 0.2) is 158 Å². The van der Waals surface area contributed by atoms with Gasteiger partial charge in [-0.05, 0) is 167 Å². The topological polar surface area (TPSA) is 237 Å². The minimum atomic E-state index is -5.00. The van der Waals surface area contributed by atoms with E-state index in [9.17, 15) is 43.2 Å². The van der Waals surface area contributed by atoms with Gasteiger partial charge in [-0.3, -0.25) is 37.3 Å². The average molecular weight is 1580 g/mol. The van der Waals surface area contributed by atoms with Gasteiger partial charge in [0.25, 0.3) is 0 Å². The lowest BCUT2D eigenvalue weighted by molar-refractivity contribution is -0.161. The molecule has 0 aliphatic carbocycles. The van der Waals surface area contributed by atoms with Crippen molar-refractivity contribution in [3.05, 3.63) is 158 Å². The summed E-state index contributed by atoms with van der Waals surface area (Å²) in [6.07, 6.45) is 96.2. The highest BCUT2D eigenvalue weighted by Crippen LogP contribution is 2.45. The molecule has 0 bridgehead atoms. The zero-order valence-electron chi connectivity index (χ0n) is 68.9. The van der Waals surface area contributed by atoms with Crippen molar-refractivity contribution >= 4 is 39.5 Å². The van der Waals surface area contributed by atoms with Crippen molar-refractivity contribution in [2.75, 3.05) is 39.6 Å². The Labute approximate surface area is 668 Å². The number of rotatable bonds is 79. The first-order valence-corrected chi connectivity index (χ1v) is 45.7. The fourth-order valence-electron chi connectivity index (χ4n) is 11.1. The van der Waals surface area contributed by atoms with Crippen LogP contribution in [0, 0.1) is 0 Å². The predicted molar refractivity (Wildman–Crippen MR) is 454 cm³/mol. The molecule has 19 heteroatoms. The van der Waals surface area contributed by atoms with E-state index in [1.54, 1.807) is 0 Å².